The van der Waals surface area contributed by atoms with E-state index in [0.29, 0.717) is 50.5 Å². The van der Waals surface area contributed by atoms with Crippen molar-refractivity contribution in [2.45, 2.75) is 52.1 Å². The number of hydrogen-bond donors (Lipinski definition) is 1. The summed E-state index contributed by atoms with van der Waals surface area (Å²) in [5.41, 5.74) is 2.61. The molecule has 5 rings (SSSR count). The van der Waals surface area contributed by atoms with Crippen LogP contribution >= 0.6 is 0 Å². The Labute approximate surface area is 224 Å². The van der Waals surface area contributed by atoms with Gasteiger partial charge in [-0.25, -0.2) is 9.59 Å². The Bertz CT molecular complexity index is 1250. The van der Waals surface area contributed by atoms with Crippen LogP contribution in [0.25, 0.3) is 16.5 Å². The number of para-hydroxylation sites is 1. The monoisotopic (exact) mass is 521 g/mol. The maximum absolute atomic E-state index is 13.8. The van der Waals surface area contributed by atoms with E-state index in [0.717, 1.165) is 42.4 Å². The topological polar surface area (TPSA) is 89.2 Å². The van der Waals surface area contributed by atoms with E-state index < -0.39 is 11.4 Å². The number of fused-ring (bicyclic) bond motifs is 3. The molecule has 3 aliphatic heterocycles. The highest BCUT2D eigenvalue weighted by atomic mass is 16.5. The first-order valence-electron chi connectivity index (χ1n) is 13.7. The molecule has 2 aromatic rings. The molecule has 0 radical (unpaired) electrons. The summed E-state index contributed by atoms with van der Waals surface area (Å²) in [6.07, 6.45) is 3.55. The summed E-state index contributed by atoms with van der Waals surface area (Å²) in [6.45, 7) is 12.8. The molecule has 4 heterocycles. The maximum Gasteiger partial charge on any atom is 0.342 e. The van der Waals surface area contributed by atoms with Gasteiger partial charge in [0, 0.05) is 68.3 Å². The fourth-order valence-corrected chi connectivity index (χ4v) is 5.91. The molecule has 1 N–H and O–H groups in total. The van der Waals surface area contributed by atoms with E-state index in [4.69, 9.17) is 4.74 Å². The Hall–Kier alpha value is -3.33. The molecule has 1 aromatic carbocycles. The Morgan fingerprint density at radius 1 is 0.974 bits per heavy atom. The molecule has 0 spiro atoms. The van der Waals surface area contributed by atoms with Gasteiger partial charge in [0.2, 0.25) is 5.91 Å². The predicted octanol–water partition coefficient (Wildman–Crippen LogP) is 3.41. The Balaban J connectivity index is 1.37. The predicted molar refractivity (Wildman–Crippen MR) is 146 cm³/mol. The van der Waals surface area contributed by atoms with Gasteiger partial charge in [-0.05, 0) is 38.3 Å². The molecule has 9 nitrogen and oxygen atoms in total. The zero-order chi connectivity index (χ0) is 27.0. The second-order valence-electron chi connectivity index (χ2n) is 11.6. The SMILES string of the molecule is CC(C)OC(=O)C1=CN(C(=O)N2CCN(CC(=O)N3CCCC3)CC2)CC(C)(C)c2c1[nH]c1ccccc21. The number of H-pyrrole nitrogens is 1. The summed E-state index contributed by atoms with van der Waals surface area (Å²) in [6, 6.07) is 7.88. The van der Waals surface area contributed by atoms with Crippen molar-refractivity contribution in [1.82, 2.24) is 24.6 Å². The highest BCUT2D eigenvalue weighted by Gasteiger charge is 2.39. The Morgan fingerprint density at radius 2 is 1.66 bits per heavy atom. The van der Waals surface area contributed by atoms with Crippen molar-refractivity contribution in [3.63, 3.8) is 0 Å². The molecule has 0 saturated carbocycles. The van der Waals surface area contributed by atoms with Gasteiger partial charge in [-0.1, -0.05) is 32.0 Å². The van der Waals surface area contributed by atoms with Gasteiger partial charge in [-0.2, -0.15) is 0 Å². The van der Waals surface area contributed by atoms with Gasteiger partial charge in [-0.15, -0.1) is 0 Å². The number of benzene rings is 1. The number of hydrogen-bond acceptors (Lipinski definition) is 5. The number of ether oxygens (including phenoxy) is 1. The lowest BCUT2D eigenvalue weighted by atomic mass is 9.82. The van der Waals surface area contributed by atoms with Gasteiger partial charge >= 0.3 is 12.0 Å². The number of carbonyl (C=O) groups is 3. The van der Waals surface area contributed by atoms with Crippen LogP contribution < -0.4 is 0 Å². The highest BCUT2D eigenvalue weighted by Crippen LogP contribution is 2.40. The van der Waals surface area contributed by atoms with Crippen LogP contribution in [0, 0.1) is 0 Å². The third-order valence-corrected chi connectivity index (χ3v) is 7.77. The summed E-state index contributed by atoms with van der Waals surface area (Å²) in [5.74, 6) is -0.269. The van der Waals surface area contributed by atoms with Gasteiger partial charge < -0.3 is 19.5 Å². The number of piperazine rings is 1. The molecule has 0 atom stereocenters. The molecule has 1 aromatic heterocycles. The molecular formula is C29H39N5O4. The molecule has 2 fully saturated rings. The smallest absolute Gasteiger partial charge is 0.342 e. The van der Waals surface area contributed by atoms with Crippen LogP contribution in [0.1, 0.15) is 51.8 Å². The van der Waals surface area contributed by atoms with Crippen LogP contribution in [-0.2, 0) is 19.7 Å². The minimum Gasteiger partial charge on any atom is -0.459 e. The van der Waals surface area contributed by atoms with E-state index in [1.165, 1.54) is 0 Å². The number of esters is 1. The summed E-state index contributed by atoms with van der Waals surface area (Å²) in [7, 11) is 0. The van der Waals surface area contributed by atoms with Crippen molar-refractivity contribution in [2.75, 3.05) is 52.4 Å². The lowest BCUT2D eigenvalue weighted by molar-refractivity contribution is -0.140. The fourth-order valence-electron chi connectivity index (χ4n) is 5.91. The minimum absolute atomic E-state index is 0.132. The number of aromatic nitrogens is 1. The van der Waals surface area contributed by atoms with Crippen molar-refractivity contribution in [2.24, 2.45) is 0 Å². The van der Waals surface area contributed by atoms with Crippen molar-refractivity contribution < 1.29 is 19.1 Å². The molecule has 2 saturated heterocycles. The second kappa shape index (κ2) is 10.4. The summed E-state index contributed by atoms with van der Waals surface area (Å²) in [4.78, 5) is 50.7. The Morgan fingerprint density at radius 3 is 2.34 bits per heavy atom. The highest BCUT2D eigenvalue weighted by molar-refractivity contribution is 6.18. The van der Waals surface area contributed by atoms with Crippen LogP contribution in [0.4, 0.5) is 4.79 Å². The number of carbonyl (C=O) groups excluding carboxylic acids is 3. The van der Waals surface area contributed by atoms with Gasteiger partial charge in [0.1, 0.15) is 0 Å². The van der Waals surface area contributed by atoms with Gasteiger partial charge in [0.05, 0.1) is 23.9 Å². The van der Waals surface area contributed by atoms with E-state index >= 15 is 0 Å². The first-order chi connectivity index (χ1) is 18.1. The standard InChI is InChI=1S/C29H39N5O4/c1-20(2)38-27(36)22-17-34(19-29(3,4)25-21-9-5-6-10-23(21)30-26(22)25)28(37)33-15-13-31(14-16-33)18-24(35)32-11-7-8-12-32/h5-6,9-10,17,20,30H,7-8,11-16,18-19H2,1-4H3. The summed E-state index contributed by atoms with van der Waals surface area (Å²) >= 11 is 0. The summed E-state index contributed by atoms with van der Waals surface area (Å²) in [5, 5.41) is 1.04. The van der Waals surface area contributed by atoms with Crippen molar-refractivity contribution in [3.8, 4) is 0 Å². The average Bonchev–Trinajstić information content (AvgIpc) is 3.52. The number of aromatic amines is 1. The van der Waals surface area contributed by atoms with E-state index in [1.807, 2.05) is 41.8 Å². The summed E-state index contributed by atoms with van der Waals surface area (Å²) < 4.78 is 5.61. The quantitative estimate of drug-likeness (QED) is 0.623. The number of nitrogens with zero attached hydrogens (tertiary/aromatic N) is 4. The molecule has 0 aliphatic carbocycles. The molecule has 3 aliphatic rings. The lowest BCUT2D eigenvalue weighted by Gasteiger charge is -2.38. The molecule has 0 bridgehead atoms. The Kier molecular flexibility index (Phi) is 7.22. The molecular weight excluding hydrogens is 482 g/mol. The largest absolute Gasteiger partial charge is 0.459 e. The number of likely N-dealkylation sites (tertiary alicyclic amines) is 1. The molecule has 9 heteroatoms. The van der Waals surface area contributed by atoms with E-state index in [-0.39, 0.29) is 18.0 Å². The third kappa shape index (κ3) is 5.16. The molecule has 204 valence electrons. The zero-order valence-corrected chi connectivity index (χ0v) is 23.0. The van der Waals surface area contributed by atoms with Gasteiger partial charge in [0.25, 0.3) is 0 Å². The lowest BCUT2D eigenvalue weighted by Crippen LogP contribution is -2.54. The number of rotatable bonds is 4. The van der Waals surface area contributed by atoms with Crippen molar-refractivity contribution >= 4 is 34.4 Å². The maximum atomic E-state index is 13.8. The first-order valence-corrected chi connectivity index (χ1v) is 13.7. The van der Waals surface area contributed by atoms with Crippen molar-refractivity contribution in [3.05, 3.63) is 41.7 Å². The molecule has 0 unspecified atom stereocenters. The van der Waals surface area contributed by atoms with E-state index in [1.54, 1.807) is 11.1 Å². The number of amides is 3. The van der Waals surface area contributed by atoms with Gasteiger partial charge in [0.15, 0.2) is 0 Å². The van der Waals surface area contributed by atoms with Crippen LogP contribution in [-0.4, -0.2) is 101 Å². The van der Waals surface area contributed by atoms with Crippen molar-refractivity contribution in [1.29, 1.82) is 0 Å². The number of nitrogens with one attached hydrogen (secondary N) is 1. The average molecular weight is 522 g/mol. The van der Waals surface area contributed by atoms with Crippen LogP contribution in [0.2, 0.25) is 0 Å². The van der Waals surface area contributed by atoms with Gasteiger partial charge in [-0.3, -0.25) is 14.6 Å². The molecule has 3 amide bonds. The minimum atomic E-state index is -0.450. The second-order valence-corrected chi connectivity index (χ2v) is 11.6. The van der Waals surface area contributed by atoms with Crippen LogP contribution in [0.3, 0.4) is 0 Å². The van der Waals surface area contributed by atoms with Crippen LogP contribution in [0.5, 0.6) is 0 Å². The fraction of sp³-hybridized carbons (Fsp3) is 0.552. The van der Waals surface area contributed by atoms with E-state index in [9.17, 15) is 14.4 Å². The third-order valence-electron chi connectivity index (χ3n) is 7.77. The number of urea groups is 1. The van der Waals surface area contributed by atoms with Crippen LogP contribution in [0.15, 0.2) is 30.5 Å². The zero-order valence-electron chi connectivity index (χ0n) is 23.0. The van der Waals surface area contributed by atoms with E-state index in [2.05, 4.69) is 29.8 Å². The molecule has 38 heavy (non-hydrogen) atoms. The normalized spacial score (nSPS) is 19.9. The first kappa shape index (κ1) is 26.3.